The van der Waals surface area contributed by atoms with E-state index >= 15 is 0 Å². The first-order chi connectivity index (χ1) is 14.4. The number of carbonyl (C=O) groups is 2. The van der Waals surface area contributed by atoms with E-state index in [1.54, 1.807) is 27.7 Å². The highest BCUT2D eigenvalue weighted by Gasteiger charge is 2.26. The van der Waals surface area contributed by atoms with Crippen LogP contribution in [0, 0.1) is 11.8 Å². The fourth-order valence-corrected chi connectivity index (χ4v) is 4.71. The smallest absolute Gasteiger partial charge is 0.338 e. The van der Waals surface area contributed by atoms with Gasteiger partial charge in [0.2, 0.25) is 0 Å². The average molecular weight is 412 g/mol. The summed E-state index contributed by atoms with van der Waals surface area (Å²) in [4.78, 5) is 44.2. The molecule has 1 aromatic carbocycles. The topological polar surface area (TPSA) is 81.5 Å². The van der Waals surface area contributed by atoms with Crippen LogP contribution in [0.15, 0.2) is 23.0 Å². The summed E-state index contributed by atoms with van der Waals surface area (Å²) >= 11 is 0. The predicted molar refractivity (Wildman–Crippen MR) is 113 cm³/mol. The van der Waals surface area contributed by atoms with E-state index < -0.39 is 5.97 Å². The van der Waals surface area contributed by atoms with E-state index in [1.807, 2.05) is 0 Å². The van der Waals surface area contributed by atoms with Gasteiger partial charge in [0.15, 0.2) is 6.61 Å². The zero-order valence-electron chi connectivity index (χ0n) is 17.7. The highest BCUT2D eigenvalue weighted by atomic mass is 16.5. The maximum absolute atomic E-state index is 12.8. The van der Waals surface area contributed by atoms with Crippen molar-refractivity contribution in [1.82, 2.24) is 14.5 Å². The van der Waals surface area contributed by atoms with Gasteiger partial charge in [-0.05, 0) is 49.3 Å². The normalized spacial score (nSPS) is 21.7. The fraction of sp³-hybridized carbons (Fsp3) is 0.565. The first-order valence-electron chi connectivity index (χ1n) is 10.9. The molecule has 0 spiro atoms. The molecule has 2 atom stereocenters. The number of aryl methyl sites for hydroxylation is 1. The second-order valence-electron chi connectivity index (χ2n) is 8.85. The molecule has 1 saturated heterocycles. The van der Waals surface area contributed by atoms with Gasteiger partial charge in [0.25, 0.3) is 11.5 Å². The van der Waals surface area contributed by atoms with Crippen molar-refractivity contribution in [1.29, 1.82) is 0 Å². The van der Waals surface area contributed by atoms with Gasteiger partial charge in [0, 0.05) is 26.1 Å². The number of hydrogen-bond acceptors (Lipinski definition) is 5. The van der Waals surface area contributed by atoms with Crippen molar-refractivity contribution < 1.29 is 14.3 Å². The van der Waals surface area contributed by atoms with Crippen LogP contribution < -0.4 is 5.56 Å². The molecule has 0 bridgehead atoms. The van der Waals surface area contributed by atoms with Crippen molar-refractivity contribution in [3.63, 3.8) is 0 Å². The van der Waals surface area contributed by atoms with Gasteiger partial charge >= 0.3 is 5.97 Å². The Morgan fingerprint density at radius 3 is 2.67 bits per heavy atom. The molecule has 7 heteroatoms. The molecule has 2 aliphatic rings. The van der Waals surface area contributed by atoms with Crippen LogP contribution in [0.2, 0.25) is 0 Å². The third kappa shape index (κ3) is 4.25. The average Bonchev–Trinajstić information content (AvgIpc) is 2.96. The zero-order chi connectivity index (χ0) is 21.3. The van der Waals surface area contributed by atoms with E-state index in [0.717, 1.165) is 37.9 Å². The standard InChI is InChI=1S/C23H29N3O4/c1-15-10-16(2)13-25(12-15)21(27)14-30-23(29)17-7-8-18-19(11-17)24-20-6-4-3-5-9-26(20)22(18)28/h7-8,11,15-16H,3-6,9-10,12-14H2,1-2H3/t15-,16-/m0/s1. The number of benzene rings is 1. The maximum atomic E-state index is 12.8. The first-order valence-corrected chi connectivity index (χ1v) is 10.9. The monoisotopic (exact) mass is 411 g/mol. The van der Waals surface area contributed by atoms with E-state index in [0.29, 0.717) is 47.9 Å². The number of carbonyl (C=O) groups excluding carboxylic acids is 2. The number of fused-ring (bicyclic) bond motifs is 2. The zero-order valence-corrected chi connectivity index (χ0v) is 17.7. The molecular formula is C23H29N3O4. The van der Waals surface area contributed by atoms with Crippen molar-refractivity contribution in [2.75, 3.05) is 19.7 Å². The lowest BCUT2D eigenvalue weighted by Crippen LogP contribution is -2.44. The number of amides is 1. The molecule has 0 saturated carbocycles. The van der Waals surface area contributed by atoms with Gasteiger partial charge in [-0.2, -0.15) is 0 Å². The van der Waals surface area contributed by atoms with Crippen molar-refractivity contribution in [2.45, 2.75) is 52.5 Å². The molecule has 1 aromatic heterocycles. The molecule has 2 aliphatic heterocycles. The molecule has 7 nitrogen and oxygen atoms in total. The van der Waals surface area contributed by atoms with Gasteiger partial charge < -0.3 is 9.64 Å². The van der Waals surface area contributed by atoms with Crippen LogP contribution in [-0.4, -0.2) is 46.0 Å². The molecule has 0 aliphatic carbocycles. The summed E-state index contributed by atoms with van der Waals surface area (Å²) in [6.07, 6.45) is 4.94. The SMILES string of the molecule is C[C@H]1C[C@H](C)CN(C(=O)COC(=O)c2ccc3c(=O)n4c(nc3c2)CCCCC4)C1. The number of ether oxygens (including phenoxy) is 1. The Kier molecular flexibility index (Phi) is 5.88. The molecule has 0 N–H and O–H groups in total. The number of aromatic nitrogens is 2. The number of likely N-dealkylation sites (tertiary alicyclic amines) is 1. The lowest BCUT2D eigenvalue weighted by molar-refractivity contribution is -0.137. The van der Waals surface area contributed by atoms with Crippen molar-refractivity contribution >= 4 is 22.8 Å². The minimum Gasteiger partial charge on any atom is -0.452 e. The molecule has 1 amide bonds. The van der Waals surface area contributed by atoms with Crippen molar-refractivity contribution in [2.24, 2.45) is 11.8 Å². The van der Waals surface area contributed by atoms with Crippen LogP contribution in [0.3, 0.4) is 0 Å². The Hall–Kier alpha value is -2.70. The minimum absolute atomic E-state index is 0.0552. The third-order valence-corrected chi connectivity index (χ3v) is 6.10. The van der Waals surface area contributed by atoms with Gasteiger partial charge in [-0.1, -0.05) is 20.3 Å². The van der Waals surface area contributed by atoms with Gasteiger partial charge in [0.1, 0.15) is 5.82 Å². The highest BCUT2D eigenvalue weighted by Crippen LogP contribution is 2.21. The molecule has 0 unspecified atom stereocenters. The van der Waals surface area contributed by atoms with Gasteiger partial charge in [0.05, 0.1) is 16.5 Å². The largest absolute Gasteiger partial charge is 0.452 e. The Labute approximate surface area is 176 Å². The van der Waals surface area contributed by atoms with Gasteiger partial charge in [-0.15, -0.1) is 0 Å². The second kappa shape index (κ2) is 8.58. The second-order valence-corrected chi connectivity index (χ2v) is 8.85. The van der Waals surface area contributed by atoms with Crippen LogP contribution in [0.5, 0.6) is 0 Å². The van der Waals surface area contributed by atoms with E-state index in [4.69, 9.17) is 4.74 Å². The number of piperidine rings is 1. The van der Waals surface area contributed by atoms with Gasteiger partial charge in [-0.25, -0.2) is 9.78 Å². The molecule has 160 valence electrons. The van der Waals surface area contributed by atoms with Crippen LogP contribution in [-0.2, 0) is 22.5 Å². The lowest BCUT2D eigenvalue weighted by Gasteiger charge is -2.34. The number of nitrogens with zero attached hydrogens (tertiary/aromatic N) is 3. The lowest BCUT2D eigenvalue weighted by atomic mass is 9.92. The third-order valence-electron chi connectivity index (χ3n) is 6.10. The van der Waals surface area contributed by atoms with Gasteiger partial charge in [-0.3, -0.25) is 14.2 Å². The van der Waals surface area contributed by atoms with E-state index in [1.165, 1.54) is 0 Å². The Morgan fingerprint density at radius 2 is 1.90 bits per heavy atom. The number of esters is 1. The summed E-state index contributed by atoms with van der Waals surface area (Å²) in [5.74, 6) is 0.951. The molecule has 3 heterocycles. The van der Waals surface area contributed by atoms with E-state index in [-0.39, 0.29) is 18.1 Å². The Bertz CT molecular complexity index is 1020. The molecule has 0 radical (unpaired) electrons. The molecular weight excluding hydrogens is 382 g/mol. The summed E-state index contributed by atoms with van der Waals surface area (Å²) in [6.45, 7) is 6.10. The highest BCUT2D eigenvalue weighted by molar-refractivity contribution is 5.95. The summed E-state index contributed by atoms with van der Waals surface area (Å²) in [5.41, 5.74) is 0.758. The molecule has 1 fully saturated rings. The summed E-state index contributed by atoms with van der Waals surface area (Å²) in [7, 11) is 0. The van der Waals surface area contributed by atoms with Crippen LogP contribution >= 0.6 is 0 Å². The van der Waals surface area contributed by atoms with Crippen LogP contribution in [0.4, 0.5) is 0 Å². The summed E-state index contributed by atoms with van der Waals surface area (Å²) < 4.78 is 7.04. The Balaban J connectivity index is 1.48. The van der Waals surface area contributed by atoms with Crippen LogP contribution in [0.25, 0.3) is 10.9 Å². The fourth-order valence-electron chi connectivity index (χ4n) is 4.71. The van der Waals surface area contributed by atoms with E-state index in [2.05, 4.69) is 18.8 Å². The van der Waals surface area contributed by atoms with Crippen LogP contribution in [0.1, 0.15) is 55.7 Å². The molecule has 4 rings (SSSR count). The molecule has 30 heavy (non-hydrogen) atoms. The van der Waals surface area contributed by atoms with Crippen molar-refractivity contribution in [3.8, 4) is 0 Å². The number of rotatable bonds is 3. The summed E-state index contributed by atoms with van der Waals surface area (Å²) in [6, 6.07) is 4.81. The van der Waals surface area contributed by atoms with Crippen molar-refractivity contribution in [3.05, 3.63) is 39.9 Å². The minimum atomic E-state index is -0.569. The Morgan fingerprint density at radius 1 is 1.13 bits per heavy atom. The quantitative estimate of drug-likeness (QED) is 0.726. The van der Waals surface area contributed by atoms with E-state index in [9.17, 15) is 14.4 Å². The first kappa shape index (κ1) is 20.6. The molecule has 2 aromatic rings. The summed E-state index contributed by atoms with van der Waals surface area (Å²) in [5, 5.41) is 0.504. The predicted octanol–water partition coefficient (Wildman–Crippen LogP) is 2.78. The maximum Gasteiger partial charge on any atom is 0.338 e. The number of hydrogen-bond donors (Lipinski definition) is 0.